The summed E-state index contributed by atoms with van der Waals surface area (Å²) in [6.45, 7) is 0.183. The Morgan fingerprint density at radius 1 is 1.07 bits per heavy atom. The number of thioether (sulfide) groups is 1. The number of rotatable bonds is 5. The van der Waals surface area contributed by atoms with Crippen molar-refractivity contribution in [2.45, 2.75) is 18.3 Å². The van der Waals surface area contributed by atoms with Crippen LogP contribution in [0.1, 0.15) is 11.1 Å². The molecule has 0 aromatic heterocycles. The number of hydrogen-bond acceptors (Lipinski definition) is 4. The Morgan fingerprint density at radius 3 is 2.68 bits per heavy atom. The molecule has 0 N–H and O–H groups in total. The number of hydrogen-bond donors (Lipinski definition) is 0. The van der Waals surface area contributed by atoms with Crippen molar-refractivity contribution in [2.75, 3.05) is 7.11 Å². The van der Waals surface area contributed by atoms with Gasteiger partial charge in [-0.1, -0.05) is 42.5 Å². The second kappa shape index (κ2) is 8.02. The molecule has 0 aliphatic carbocycles. The first-order chi connectivity index (χ1) is 13.6. The highest BCUT2D eigenvalue weighted by Gasteiger charge is 2.29. The SMILES string of the molecule is COC1=NC(=O)SC1Cc1ccc2cc(OCc3ccccc3F)ccc2c1. The van der Waals surface area contributed by atoms with Crippen molar-refractivity contribution in [3.8, 4) is 5.75 Å². The van der Waals surface area contributed by atoms with Crippen molar-refractivity contribution in [1.82, 2.24) is 0 Å². The van der Waals surface area contributed by atoms with Gasteiger partial charge in [-0.2, -0.15) is 4.99 Å². The maximum Gasteiger partial charge on any atom is 0.308 e. The van der Waals surface area contributed by atoms with Gasteiger partial charge in [0.15, 0.2) is 0 Å². The van der Waals surface area contributed by atoms with Crippen LogP contribution in [-0.2, 0) is 17.8 Å². The summed E-state index contributed by atoms with van der Waals surface area (Å²) in [5, 5.41) is 1.81. The summed E-state index contributed by atoms with van der Waals surface area (Å²) in [4.78, 5) is 15.4. The lowest BCUT2D eigenvalue weighted by Crippen LogP contribution is -2.17. The molecule has 1 aliphatic rings. The zero-order valence-electron chi connectivity index (χ0n) is 15.2. The zero-order valence-corrected chi connectivity index (χ0v) is 16.0. The van der Waals surface area contributed by atoms with Crippen molar-refractivity contribution < 1.29 is 18.7 Å². The number of methoxy groups -OCH3 is 1. The van der Waals surface area contributed by atoms with Gasteiger partial charge in [0, 0.05) is 5.56 Å². The standard InChI is InChI=1S/C22H18FNO3S/c1-26-21-20(28-22(25)24-21)11-14-6-7-16-12-18(9-8-15(16)10-14)27-13-17-4-2-3-5-19(17)23/h2-10,12,20H,11,13H2,1H3. The van der Waals surface area contributed by atoms with Gasteiger partial charge in [0.2, 0.25) is 5.90 Å². The molecule has 1 atom stereocenters. The van der Waals surface area contributed by atoms with Crippen molar-refractivity contribution in [3.63, 3.8) is 0 Å². The van der Waals surface area contributed by atoms with E-state index < -0.39 is 0 Å². The molecule has 3 aromatic rings. The Balaban J connectivity index is 1.48. The Kier molecular flexibility index (Phi) is 5.30. The minimum atomic E-state index is -0.268. The number of halogens is 1. The monoisotopic (exact) mass is 395 g/mol. The number of carbonyl (C=O) groups excluding carboxylic acids is 1. The topological polar surface area (TPSA) is 47.9 Å². The lowest BCUT2D eigenvalue weighted by molar-refractivity contribution is 0.267. The van der Waals surface area contributed by atoms with E-state index in [1.165, 1.54) is 24.9 Å². The Labute approximate surface area is 166 Å². The van der Waals surface area contributed by atoms with E-state index in [9.17, 15) is 9.18 Å². The van der Waals surface area contributed by atoms with E-state index in [0.29, 0.717) is 23.6 Å². The van der Waals surface area contributed by atoms with E-state index in [2.05, 4.69) is 11.1 Å². The number of amides is 1. The van der Waals surface area contributed by atoms with Gasteiger partial charge >= 0.3 is 5.24 Å². The van der Waals surface area contributed by atoms with Crippen LogP contribution in [0.5, 0.6) is 5.75 Å². The second-order valence-corrected chi connectivity index (χ2v) is 7.61. The van der Waals surface area contributed by atoms with Crippen LogP contribution >= 0.6 is 11.8 Å². The molecule has 4 rings (SSSR count). The zero-order chi connectivity index (χ0) is 19.5. The number of nitrogens with zero attached hydrogens (tertiary/aromatic N) is 1. The van der Waals surface area contributed by atoms with E-state index in [-0.39, 0.29) is 22.9 Å². The van der Waals surface area contributed by atoms with E-state index in [1.54, 1.807) is 18.2 Å². The summed E-state index contributed by atoms with van der Waals surface area (Å²) in [5.74, 6) is 0.899. The molecule has 0 fully saturated rings. The first-order valence-electron chi connectivity index (χ1n) is 8.84. The van der Waals surface area contributed by atoms with Gasteiger partial charge in [0.1, 0.15) is 18.2 Å². The molecule has 3 aromatic carbocycles. The summed E-state index contributed by atoms with van der Waals surface area (Å²) in [7, 11) is 1.54. The van der Waals surface area contributed by atoms with Gasteiger partial charge in [-0.3, -0.25) is 4.79 Å². The molecule has 1 aliphatic heterocycles. The third-order valence-corrected chi connectivity index (χ3v) is 5.52. The fourth-order valence-electron chi connectivity index (χ4n) is 3.15. The Morgan fingerprint density at radius 2 is 1.86 bits per heavy atom. The average molecular weight is 395 g/mol. The van der Waals surface area contributed by atoms with Gasteiger partial charge in [-0.05, 0) is 52.7 Å². The molecule has 0 spiro atoms. The van der Waals surface area contributed by atoms with Crippen LogP contribution in [0.2, 0.25) is 0 Å². The van der Waals surface area contributed by atoms with E-state index >= 15 is 0 Å². The molecular formula is C22H18FNO3S. The van der Waals surface area contributed by atoms with Crippen LogP contribution in [0, 0.1) is 5.82 Å². The molecular weight excluding hydrogens is 377 g/mol. The van der Waals surface area contributed by atoms with Crippen LogP contribution in [0.15, 0.2) is 65.7 Å². The first kappa shape index (κ1) is 18.5. The van der Waals surface area contributed by atoms with Crippen LogP contribution in [0.3, 0.4) is 0 Å². The molecule has 142 valence electrons. The van der Waals surface area contributed by atoms with Gasteiger partial charge in [0.25, 0.3) is 0 Å². The Bertz CT molecular complexity index is 1070. The molecule has 1 heterocycles. The third-order valence-electron chi connectivity index (χ3n) is 4.58. The first-order valence-corrected chi connectivity index (χ1v) is 9.72. The van der Waals surface area contributed by atoms with E-state index in [1.807, 2.05) is 30.3 Å². The largest absolute Gasteiger partial charge is 0.489 e. The quantitative estimate of drug-likeness (QED) is 0.582. The lowest BCUT2D eigenvalue weighted by atomic mass is 10.0. The highest BCUT2D eigenvalue weighted by atomic mass is 32.2. The van der Waals surface area contributed by atoms with Gasteiger partial charge < -0.3 is 9.47 Å². The summed E-state index contributed by atoms with van der Waals surface area (Å²) in [6.07, 6.45) is 0.671. The molecule has 0 saturated carbocycles. The highest BCUT2D eigenvalue weighted by molar-refractivity contribution is 8.15. The van der Waals surface area contributed by atoms with Crippen LogP contribution < -0.4 is 4.74 Å². The maximum atomic E-state index is 13.7. The van der Waals surface area contributed by atoms with E-state index in [4.69, 9.17) is 9.47 Å². The van der Waals surface area contributed by atoms with Crippen molar-refractivity contribution in [3.05, 3.63) is 77.6 Å². The number of ether oxygens (including phenoxy) is 2. The lowest BCUT2D eigenvalue weighted by Gasteiger charge is -2.12. The molecule has 28 heavy (non-hydrogen) atoms. The summed E-state index contributed by atoms with van der Waals surface area (Å²) in [5.41, 5.74) is 1.63. The third kappa shape index (κ3) is 4.02. The molecule has 1 amide bonds. The van der Waals surface area contributed by atoms with Crippen LogP contribution in [-0.4, -0.2) is 23.5 Å². The van der Waals surface area contributed by atoms with E-state index in [0.717, 1.165) is 16.3 Å². The minimum absolute atomic E-state index is 0.0849. The molecule has 0 bridgehead atoms. The fourth-order valence-corrected chi connectivity index (χ4v) is 4.06. The van der Waals surface area contributed by atoms with Crippen molar-refractivity contribution >= 4 is 33.7 Å². The maximum absolute atomic E-state index is 13.7. The Hall–Kier alpha value is -2.86. The summed E-state index contributed by atoms with van der Waals surface area (Å²) < 4.78 is 24.7. The second-order valence-electron chi connectivity index (χ2n) is 6.45. The molecule has 0 saturated heterocycles. The van der Waals surface area contributed by atoms with Crippen LogP contribution in [0.4, 0.5) is 9.18 Å². The molecule has 4 nitrogen and oxygen atoms in total. The smallest absolute Gasteiger partial charge is 0.308 e. The summed E-state index contributed by atoms with van der Waals surface area (Å²) in [6, 6.07) is 18.5. The molecule has 0 radical (unpaired) electrons. The number of benzene rings is 3. The van der Waals surface area contributed by atoms with Gasteiger partial charge in [0.05, 0.1) is 12.4 Å². The highest BCUT2D eigenvalue weighted by Crippen LogP contribution is 2.29. The molecule has 6 heteroatoms. The number of carbonyl (C=O) groups is 1. The summed E-state index contributed by atoms with van der Waals surface area (Å²) >= 11 is 1.19. The number of aliphatic imine (C=N–C) groups is 1. The van der Waals surface area contributed by atoms with Gasteiger partial charge in [-0.15, -0.1) is 0 Å². The molecule has 1 unspecified atom stereocenters. The van der Waals surface area contributed by atoms with Crippen molar-refractivity contribution in [1.29, 1.82) is 0 Å². The van der Waals surface area contributed by atoms with Gasteiger partial charge in [-0.25, -0.2) is 4.39 Å². The average Bonchev–Trinajstić information content (AvgIpc) is 3.06. The minimum Gasteiger partial charge on any atom is -0.489 e. The fraction of sp³-hybridized carbons (Fsp3) is 0.182. The van der Waals surface area contributed by atoms with Crippen molar-refractivity contribution in [2.24, 2.45) is 4.99 Å². The predicted molar refractivity (Wildman–Crippen MR) is 110 cm³/mol. The van der Waals surface area contributed by atoms with Crippen LogP contribution in [0.25, 0.3) is 10.8 Å². The number of fused-ring (bicyclic) bond motifs is 1. The normalized spacial score (nSPS) is 16.3. The predicted octanol–water partition coefficient (Wildman–Crippen LogP) is 5.38.